The summed E-state index contributed by atoms with van der Waals surface area (Å²) in [4.78, 5) is 0. The van der Waals surface area contributed by atoms with E-state index in [1.807, 2.05) is 12.1 Å². The average Bonchev–Trinajstić information content (AvgIpc) is 2.07. The Hall–Kier alpha value is -0.250. The highest BCUT2D eigenvalue weighted by Crippen LogP contribution is 2.25. The maximum atomic E-state index is 9.04. The van der Waals surface area contributed by atoms with Gasteiger partial charge in [-0.05, 0) is 41.1 Å². The van der Waals surface area contributed by atoms with Crippen LogP contribution in [0.3, 0.4) is 0 Å². The van der Waals surface area contributed by atoms with Gasteiger partial charge in [0.05, 0.1) is 11.1 Å². The summed E-state index contributed by atoms with van der Waals surface area (Å²) in [5.41, 5.74) is 0.942. The first kappa shape index (κ1) is 10.8. The maximum Gasteiger partial charge on any atom is 0.0684 e. The van der Waals surface area contributed by atoms with Crippen LogP contribution in [0.25, 0.3) is 0 Å². The quantitative estimate of drug-likeness (QED) is 0.880. The number of hydrogen-bond donors (Lipinski definition) is 2. The van der Waals surface area contributed by atoms with E-state index in [9.17, 15) is 0 Å². The number of aliphatic hydroxyl groups excluding tert-OH is 1. The summed E-state index contributed by atoms with van der Waals surface area (Å²) in [6.07, 6.45) is -0.352. The molecule has 2 N–H and O–H groups in total. The fourth-order valence-corrected chi connectivity index (χ4v) is 1.37. The molecular formula is C9H11BrClNO. The lowest BCUT2D eigenvalue weighted by atomic mass is 10.3. The second-order valence-electron chi connectivity index (χ2n) is 2.86. The summed E-state index contributed by atoms with van der Waals surface area (Å²) in [6, 6.07) is 5.55. The number of benzene rings is 1. The van der Waals surface area contributed by atoms with Gasteiger partial charge in [0.2, 0.25) is 0 Å². The molecule has 0 aliphatic carbocycles. The van der Waals surface area contributed by atoms with Gasteiger partial charge in [-0.25, -0.2) is 0 Å². The Labute approximate surface area is 91.0 Å². The SMILES string of the molecule is C[C@H](O)CNc1ccc(Cl)c(Br)c1. The Kier molecular flexibility index (Phi) is 4.03. The van der Waals surface area contributed by atoms with Crippen molar-refractivity contribution in [2.75, 3.05) is 11.9 Å². The summed E-state index contributed by atoms with van der Waals surface area (Å²) in [6.45, 7) is 2.27. The third-order valence-corrected chi connectivity index (χ3v) is 2.74. The standard InChI is InChI=1S/C9H11BrClNO/c1-6(13)5-12-7-2-3-9(11)8(10)4-7/h2-4,6,12-13H,5H2,1H3/t6-/m0/s1. The molecule has 1 aromatic carbocycles. The van der Waals surface area contributed by atoms with Crippen molar-refractivity contribution in [1.82, 2.24) is 0 Å². The molecule has 0 fully saturated rings. The predicted molar refractivity (Wildman–Crippen MR) is 59.3 cm³/mol. The highest BCUT2D eigenvalue weighted by Gasteiger charge is 1.99. The number of anilines is 1. The van der Waals surface area contributed by atoms with Crippen molar-refractivity contribution in [3.8, 4) is 0 Å². The summed E-state index contributed by atoms with van der Waals surface area (Å²) < 4.78 is 0.852. The monoisotopic (exact) mass is 263 g/mol. The zero-order chi connectivity index (χ0) is 9.84. The number of halogens is 2. The zero-order valence-electron chi connectivity index (χ0n) is 7.22. The maximum absolute atomic E-state index is 9.04. The van der Waals surface area contributed by atoms with Crippen LogP contribution in [0, 0.1) is 0 Å². The fourth-order valence-electron chi connectivity index (χ4n) is 0.872. The molecule has 0 amide bonds. The van der Waals surface area contributed by atoms with Crippen LogP contribution < -0.4 is 5.32 Å². The molecule has 0 aliphatic rings. The second kappa shape index (κ2) is 4.84. The molecule has 2 nitrogen and oxygen atoms in total. The van der Waals surface area contributed by atoms with Gasteiger partial charge in [0.25, 0.3) is 0 Å². The van der Waals surface area contributed by atoms with Crippen LogP contribution in [-0.2, 0) is 0 Å². The molecule has 72 valence electrons. The highest BCUT2D eigenvalue weighted by molar-refractivity contribution is 9.10. The lowest BCUT2D eigenvalue weighted by Gasteiger charge is -2.08. The lowest BCUT2D eigenvalue weighted by molar-refractivity contribution is 0.208. The van der Waals surface area contributed by atoms with Gasteiger partial charge in [-0.15, -0.1) is 0 Å². The summed E-state index contributed by atoms with van der Waals surface area (Å²) in [5, 5.41) is 12.8. The van der Waals surface area contributed by atoms with Crippen molar-refractivity contribution in [2.45, 2.75) is 13.0 Å². The zero-order valence-corrected chi connectivity index (χ0v) is 9.56. The van der Waals surface area contributed by atoms with Gasteiger partial charge >= 0.3 is 0 Å². The highest BCUT2D eigenvalue weighted by atomic mass is 79.9. The van der Waals surface area contributed by atoms with Crippen LogP contribution in [-0.4, -0.2) is 17.8 Å². The Morgan fingerprint density at radius 2 is 2.31 bits per heavy atom. The van der Waals surface area contributed by atoms with E-state index in [-0.39, 0.29) is 6.10 Å². The van der Waals surface area contributed by atoms with Crippen LogP contribution in [0.15, 0.2) is 22.7 Å². The van der Waals surface area contributed by atoms with Gasteiger partial charge in [0.1, 0.15) is 0 Å². The molecule has 13 heavy (non-hydrogen) atoms. The minimum absolute atomic E-state index is 0.352. The van der Waals surface area contributed by atoms with Crippen molar-refractivity contribution in [3.63, 3.8) is 0 Å². The molecule has 0 unspecified atom stereocenters. The van der Waals surface area contributed by atoms with Gasteiger partial charge in [0, 0.05) is 16.7 Å². The third kappa shape index (κ3) is 3.55. The van der Waals surface area contributed by atoms with Crippen LogP contribution in [0.2, 0.25) is 5.02 Å². The Balaban J connectivity index is 2.63. The third-order valence-electron chi connectivity index (χ3n) is 1.52. The minimum Gasteiger partial charge on any atom is -0.392 e. The van der Waals surface area contributed by atoms with E-state index in [0.717, 1.165) is 10.2 Å². The summed E-state index contributed by atoms with van der Waals surface area (Å²) >= 11 is 9.14. The van der Waals surface area contributed by atoms with Crippen molar-refractivity contribution >= 4 is 33.2 Å². The topological polar surface area (TPSA) is 32.3 Å². The van der Waals surface area contributed by atoms with Gasteiger partial charge in [-0.3, -0.25) is 0 Å². The number of hydrogen-bond acceptors (Lipinski definition) is 2. The first-order chi connectivity index (χ1) is 6.09. The van der Waals surface area contributed by atoms with Gasteiger partial charge in [-0.2, -0.15) is 0 Å². The van der Waals surface area contributed by atoms with Crippen LogP contribution >= 0.6 is 27.5 Å². The second-order valence-corrected chi connectivity index (χ2v) is 4.12. The molecule has 0 bridgehead atoms. The first-order valence-electron chi connectivity index (χ1n) is 3.96. The molecule has 1 rings (SSSR count). The number of aliphatic hydroxyl groups is 1. The van der Waals surface area contributed by atoms with Crippen LogP contribution in [0.5, 0.6) is 0 Å². The summed E-state index contributed by atoms with van der Waals surface area (Å²) in [7, 11) is 0. The number of nitrogens with one attached hydrogen (secondary N) is 1. The van der Waals surface area contributed by atoms with E-state index in [4.69, 9.17) is 16.7 Å². The van der Waals surface area contributed by atoms with Crippen molar-refractivity contribution in [1.29, 1.82) is 0 Å². The van der Waals surface area contributed by atoms with Crippen LogP contribution in [0.1, 0.15) is 6.92 Å². The average molecular weight is 265 g/mol. The molecular weight excluding hydrogens is 253 g/mol. The summed E-state index contributed by atoms with van der Waals surface area (Å²) in [5.74, 6) is 0. The van der Waals surface area contributed by atoms with Gasteiger partial charge in [0.15, 0.2) is 0 Å². The van der Waals surface area contributed by atoms with Crippen molar-refractivity contribution in [2.24, 2.45) is 0 Å². The molecule has 1 atom stereocenters. The van der Waals surface area contributed by atoms with Crippen molar-refractivity contribution in [3.05, 3.63) is 27.7 Å². The lowest BCUT2D eigenvalue weighted by Crippen LogP contribution is -2.15. The van der Waals surface area contributed by atoms with Gasteiger partial charge in [-0.1, -0.05) is 11.6 Å². The molecule has 0 heterocycles. The van der Waals surface area contributed by atoms with E-state index in [1.54, 1.807) is 13.0 Å². The van der Waals surface area contributed by atoms with E-state index in [1.165, 1.54) is 0 Å². The smallest absolute Gasteiger partial charge is 0.0684 e. The van der Waals surface area contributed by atoms with E-state index in [2.05, 4.69) is 21.2 Å². The van der Waals surface area contributed by atoms with Crippen molar-refractivity contribution < 1.29 is 5.11 Å². The Morgan fingerprint density at radius 3 is 2.85 bits per heavy atom. The molecule has 0 aliphatic heterocycles. The molecule has 4 heteroatoms. The fraction of sp³-hybridized carbons (Fsp3) is 0.333. The Bertz CT molecular complexity index is 291. The largest absolute Gasteiger partial charge is 0.392 e. The van der Waals surface area contributed by atoms with E-state index in [0.29, 0.717) is 11.6 Å². The van der Waals surface area contributed by atoms with Gasteiger partial charge < -0.3 is 10.4 Å². The van der Waals surface area contributed by atoms with Crippen LogP contribution in [0.4, 0.5) is 5.69 Å². The van der Waals surface area contributed by atoms with E-state index >= 15 is 0 Å². The molecule has 0 radical (unpaired) electrons. The molecule has 0 saturated carbocycles. The minimum atomic E-state index is -0.352. The molecule has 0 saturated heterocycles. The molecule has 0 aromatic heterocycles. The van der Waals surface area contributed by atoms with E-state index < -0.39 is 0 Å². The Morgan fingerprint density at radius 1 is 1.62 bits per heavy atom. The number of rotatable bonds is 3. The predicted octanol–water partition coefficient (Wildman–Crippen LogP) is 2.90. The molecule has 1 aromatic rings. The molecule has 0 spiro atoms. The first-order valence-corrected chi connectivity index (χ1v) is 5.13. The normalized spacial score (nSPS) is 12.6.